The lowest BCUT2D eigenvalue weighted by atomic mass is 10.0. The summed E-state index contributed by atoms with van der Waals surface area (Å²) in [5, 5.41) is 11.6. The number of carbonyl (C=O) groups is 2. The van der Waals surface area contributed by atoms with Crippen molar-refractivity contribution in [2.75, 3.05) is 19.5 Å². The summed E-state index contributed by atoms with van der Waals surface area (Å²) in [4.78, 5) is 28.0. The topological polar surface area (TPSA) is 97.8 Å². The van der Waals surface area contributed by atoms with Gasteiger partial charge in [-0.15, -0.1) is 0 Å². The molecule has 3 aromatic rings. The van der Waals surface area contributed by atoms with Gasteiger partial charge in [0.15, 0.2) is 5.13 Å². The third kappa shape index (κ3) is 6.17. The van der Waals surface area contributed by atoms with Crippen molar-refractivity contribution < 1.29 is 37.3 Å². The molecule has 3 rings (SSSR count). The molecule has 2 aromatic carbocycles. The Bertz CT molecular complexity index is 1330. The fraction of sp³-hybridized carbons (Fsp3) is 0.269. The Kier molecular flexibility index (Phi) is 9.06. The second kappa shape index (κ2) is 12.0. The predicted molar refractivity (Wildman–Crippen MR) is 134 cm³/mol. The van der Waals surface area contributed by atoms with Gasteiger partial charge in [-0.05, 0) is 37.6 Å². The van der Waals surface area contributed by atoms with Gasteiger partial charge in [-0.3, -0.25) is 10.1 Å². The van der Waals surface area contributed by atoms with Crippen LogP contribution >= 0.6 is 11.3 Å². The Balaban J connectivity index is 1.93. The Hall–Kier alpha value is -3.70. The molecule has 0 aliphatic carbocycles. The molecule has 1 amide bonds. The van der Waals surface area contributed by atoms with E-state index >= 15 is 4.39 Å². The van der Waals surface area contributed by atoms with Crippen molar-refractivity contribution in [3.8, 4) is 16.3 Å². The van der Waals surface area contributed by atoms with Gasteiger partial charge in [0.05, 0.1) is 13.2 Å². The Morgan fingerprint density at radius 3 is 2.43 bits per heavy atom. The molecule has 0 aliphatic heterocycles. The van der Waals surface area contributed by atoms with Crippen LogP contribution in [0.25, 0.3) is 17.3 Å². The molecule has 37 heavy (non-hydrogen) atoms. The molecule has 1 aromatic heterocycles. The summed E-state index contributed by atoms with van der Waals surface area (Å²) in [6, 6.07) is 6.39. The number of amides is 1. The van der Waals surface area contributed by atoms with E-state index < -0.39 is 41.0 Å². The average molecular weight is 535 g/mol. The van der Waals surface area contributed by atoms with E-state index in [1.54, 1.807) is 12.1 Å². The lowest BCUT2D eigenvalue weighted by Gasteiger charge is -2.17. The molecule has 1 atom stereocenters. The first kappa shape index (κ1) is 27.9. The Morgan fingerprint density at radius 2 is 1.86 bits per heavy atom. The van der Waals surface area contributed by atoms with Crippen molar-refractivity contribution in [1.29, 1.82) is 0 Å². The van der Waals surface area contributed by atoms with Crippen LogP contribution in [-0.2, 0) is 9.53 Å². The van der Waals surface area contributed by atoms with Crippen LogP contribution in [0.3, 0.4) is 0 Å². The number of hydrogen-bond donors (Lipinski definition) is 2. The highest BCUT2D eigenvalue weighted by atomic mass is 32.1. The third-order valence-electron chi connectivity index (χ3n) is 5.51. The first-order valence-electron chi connectivity index (χ1n) is 11.2. The van der Waals surface area contributed by atoms with Gasteiger partial charge >= 0.3 is 5.97 Å². The number of carbonyl (C=O) groups excluding carboxylic acids is 1. The lowest BCUT2D eigenvalue weighted by molar-refractivity contribution is -0.132. The summed E-state index contributed by atoms with van der Waals surface area (Å²) in [5.74, 6) is -4.96. The van der Waals surface area contributed by atoms with Gasteiger partial charge in [0.1, 0.15) is 23.1 Å². The molecule has 1 heterocycles. The average Bonchev–Trinajstić information content (AvgIpc) is 3.27. The van der Waals surface area contributed by atoms with Crippen LogP contribution in [0.1, 0.15) is 54.3 Å². The first-order chi connectivity index (χ1) is 17.6. The van der Waals surface area contributed by atoms with E-state index in [0.29, 0.717) is 12.0 Å². The number of carboxylic acids is 1. The smallest absolute Gasteiger partial charge is 0.331 e. The summed E-state index contributed by atoms with van der Waals surface area (Å²) in [6.45, 7) is 3.15. The summed E-state index contributed by atoms with van der Waals surface area (Å²) < 4.78 is 55.2. The molecular formula is C26H25F3N2O5S. The van der Waals surface area contributed by atoms with Gasteiger partial charge in [0.2, 0.25) is 5.06 Å². The fourth-order valence-electron chi connectivity index (χ4n) is 3.61. The number of carboxylic acid groups (broad SMARTS) is 1. The fourth-order valence-corrected chi connectivity index (χ4v) is 4.40. The molecule has 0 radical (unpaired) electrons. The van der Waals surface area contributed by atoms with Crippen molar-refractivity contribution in [1.82, 2.24) is 4.98 Å². The van der Waals surface area contributed by atoms with Crippen molar-refractivity contribution in [3.05, 3.63) is 70.0 Å². The summed E-state index contributed by atoms with van der Waals surface area (Å²) in [6.07, 6.45) is 1.79. The van der Waals surface area contributed by atoms with Crippen molar-refractivity contribution in [2.45, 2.75) is 32.8 Å². The first-order valence-corrected chi connectivity index (χ1v) is 12.0. The van der Waals surface area contributed by atoms with Gasteiger partial charge in [0.25, 0.3) is 5.91 Å². The summed E-state index contributed by atoms with van der Waals surface area (Å²) in [7, 11) is 2.88. The number of ether oxygens (including phenoxy) is 2. The largest absolute Gasteiger partial charge is 0.486 e. The van der Waals surface area contributed by atoms with E-state index in [1.807, 2.05) is 6.92 Å². The minimum absolute atomic E-state index is 0.0185. The standard InChI is InChI=1S/C26H25F3N2O5S/c1-5-7-20(35-3)15-8-6-9-16(21(15)29)22-25(36-4)37-26(30-22)31-23(32)14-11-18(27)17(19(28)12-14)10-13(2)24(33)34/h6,8-12,20H,5,7H2,1-4H3,(H,33,34)(H,30,31,32)/b13-10+. The number of methoxy groups -OCH3 is 2. The zero-order valence-electron chi connectivity index (χ0n) is 20.5. The number of nitrogens with one attached hydrogen (secondary N) is 1. The quantitative estimate of drug-likeness (QED) is 0.290. The van der Waals surface area contributed by atoms with Gasteiger partial charge in [-0.1, -0.05) is 36.8 Å². The highest BCUT2D eigenvalue weighted by molar-refractivity contribution is 7.18. The van der Waals surface area contributed by atoms with Crippen LogP contribution in [-0.4, -0.2) is 36.2 Å². The molecule has 0 aliphatic rings. The maximum absolute atomic E-state index is 15.5. The monoisotopic (exact) mass is 534 g/mol. The second-order valence-electron chi connectivity index (χ2n) is 8.02. The highest BCUT2D eigenvalue weighted by Gasteiger charge is 2.24. The number of aliphatic carboxylic acids is 1. The molecule has 1 unspecified atom stereocenters. The minimum atomic E-state index is -1.33. The minimum Gasteiger partial charge on any atom is -0.486 e. The van der Waals surface area contributed by atoms with Crippen LogP contribution in [0, 0.1) is 17.5 Å². The van der Waals surface area contributed by atoms with E-state index in [0.717, 1.165) is 36.0 Å². The van der Waals surface area contributed by atoms with Crippen molar-refractivity contribution in [2.24, 2.45) is 0 Å². The number of nitrogens with zero attached hydrogens (tertiary/aromatic N) is 1. The number of aromatic nitrogens is 1. The summed E-state index contributed by atoms with van der Waals surface area (Å²) >= 11 is 0.914. The second-order valence-corrected chi connectivity index (χ2v) is 8.98. The molecule has 0 bridgehead atoms. The van der Waals surface area contributed by atoms with Crippen LogP contribution in [0.4, 0.5) is 18.3 Å². The number of halogens is 3. The molecule has 2 N–H and O–H groups in total. The zero-order valence-corrected chi connectivity index (χ0v) is 21.3. The summed E-state index contributed by atoms with van der Waals surface area (Å²) in [5.41, 5.74) is -0.559. The number of thiazole rings is 1. The Morgan fingerprint density at radius 1 is 1.19 bits per heavy atom. The van der Waals surface area contributed by atoms with Crippen LogP contribution in [0.2, 0.25) is 0 Å². The zero-order chi connectivity index (χ0) is 27.3. The van der Waals surface area contributed by atoms with Crippen LogP contribution in [0.5, 0.6) is 5.06 Å². The van der Waals surface area contributed by atoms with Gasteiger partial charge in [-0.25, -0.2) is 22.9 Å². The molecule has 11 heteroatoms. The van der Waals surface area contributed by atoms with E-state index in [2.05, 4.69) is 10.3 Å². The van der Waals surface area contributed by atoms with Crippen LogP contribution in [0.15, 0.2) is 35.9 Å². The molecular weight excluding hydrogens is 509 g/mol. The molecule has 0 fully saturated rings. The molecule has 0 saturated heterocycles. The van der Waals surface area contributed by atoms with E-state index in [-0.39, 0.29) is 32.6 Å². The van der Waals surface area contributed by atoms with Crippen LogP contribution < -0.4 is 10.1 Å². The highest BCUT2D eigenvalue weighted by Crippen LogP contribution is 2.40. The van der Waals surface area contributed by atoms with E-state index in [4.69, 9.17) is 14.6 Å². The Labute approximate surface area is 215 Å². The van der Waals surface area contributed by atoms with E-state index in [9.17, 15) is 18.4 Å². The molecule has 0 saturated carbocycles. The normalized spacial score (nSPS) is 12.4. The SMILES string of the molecule is CCCC(OC)c1cccc(-c2nc(NC(=O)c3cc(F)c(/C=C(\C)C(=O)O)c(F)c3)sc2OC)c1F. The van der Waals surface area contributed by atoms with Crippen molar-refractivity contribution in [3.63, 3.8) is 0 Å². The predicted octanol–water partition coefficient (Wildman–Crippen LogP) is 6.46. The van der Waals surface area contributed by atoms with Crippen molar-refractivity contribution >= 4 is 34.4 Å². The third-order valence-corrected chi connectivity index (χ3v) is 6.44. The van der Waals surface area contributed by atoms with E-state index in [1.165, 1.54) is 27.2 Å². The maximum Gasteiger partial charge on any atom is 0.331 e. The molecule has 7 nitrogen and oxygen atoms in total. The number of rotatable bonds is 10. The molecule has 0 spiro atoms. The number of hydrogen-bond acceptors (Lipinski definition) is 6. The van der Waals surface area contributed by atoms with Gasteiger partial charge in [0, 0.05) is 34.9 Å². The maximum atomic E-state index is 15.5. The number of benzene rings is 2. The molecule has 196 valence electrons. The van der Waals surface area contributed by atoms with Gasteiger partial charge < -0.3 is 14.6 Å². The lowest BCUT2D eigenvalue weighted by Crippen LogP contribution is -2.13. The number of anilines is 1. The van der Waals surface area contributed by atoms with Gasteiger partial charge in [-0.2, -0.15) is 0 Å².